The predicted molar refractivity (Wildman–Crippen MR) is 81.7 cm³/mol. The number of alkyl halides is 3. The molecule has 2 rings (SSSR count). The molecule has 23 heavy (non-hydrogen) atoms. The molecule has 0 spiro atoms. The summed E-state index contributed by atoms with van der Waals surface area (Å²) < 4.78 is 52.7. The monoisotopic (exact) mass is 396 g/mol. The molecule has 0 atom stereocenters. The quantitative estimate of drug-likeness (QED) is 0.710. The van der Waals surface area contributed by atoms with Gasteiger partial charge >= 0.3 is 6.18 Å². The summed E-state index contributed by atoms with van der Waals surface area (Å²) in [4.78, 5) is 16.0. The lowest BCUT2D eigenvalue weighted by Crippen LogP contribution is -2.50. The van der Waals surface area contributed by atoms with Gasteiger partial charge in [0.05, 0.1) is 11.1 Å². The van der Waals surface area contributed by atoms with Gasteiger partial charge in [0.1, 0.15) is 5.82 Å². The molecule has 1 aromatic carbocycles. The van der Waals surface area contributed by atoms with E-state index in [0.29, 0.717) is 38.3 Å². The van der Waals surface area contributed by atoms with E-state index in [1.54, 1.807) is 0 Å². The average Bonchev–Trinajstić information content (AvgIpc) is 2.45. The highest BCUT2D eigenvalue weighted by Gasteiger charge is 2.37. The van der Waals surface area contributed by atoms with Crippen LogP contribution in [0.3, 0.4) is 0 Å². The molecular formula is C15H17BrF4N2O. The fraction of sp³-hybridized carbons (Fsp3) is 0.533. The second kappa shape index (κ2) is 6.76. The number of piperazine rings is 1. The van der Waals surface area contributed by atoms with Crippen LogP contribution in [-0.4, -0.2) is 47.9 Å². The normalized spacial score (nSPS) is 17.0. The van der Waals surface area contributed by atoms with Crippen molar-refractivity contribution >= 4 is 21.8 Å². The molecular weight excluding hydrogens is 380 g/mol. The zero-order valence-electron chi connectivity index (χ0n) is 12.8. The third-order valence-corrected chi connectivity index (χ3v) is 4.60. The van der Waals surface area contributed by atoms with Crippen molar-refractivity contribution in [3.63, 3.8) is 0 Å². The maximum atomic E-state index is 14.2. The molecule has 1 aromatic rings. The summed E-state index contributed by atoms with van der Waals surface area (Å²) >= 11 is 2.99. The number of hydrogen-bond donors (Lipinski definition) is 0. The van der Waals surface area contributed by atoms with Crippen LogP contribution >= 0.6 is 15.9 Å². The molecule has 3 nitrogen and oxygen atoms in total. The molecule has 128 valence electrons. The van der Waals surface area contributed by atoms with Crippen molar-refractivity contribution in [1.29, 1.82) is 0 Å². The van der Waals surface area contributed by atoms with Gasteiger partial charge in [-0.15, -0.1) is 0 Å². The van der Waals surface area contributed by atoms with Crippen molar-refractivity contribution in [1.82, 2.24) is 9.80 Å². The average molecular weight is 397 g/mol. The van der Waals surface area contributed by atoms with Crippen LogP contribution in [-0.2, 0) is 6.18 Å². The van der Waals surface area contributed by atoms with Crippen LogP contribution < -0.4 is 0 Å². The van der Waals surface area contributed by atoms with Crippen LogP contribution in [0.5, 0.6) is 0 Å². The van der Waals surface area contributed by atoms with Crippen molar-refractivity contribution in [2.75, 3.05) is 26.2 Å². The van der Waals surface area contributed by atoms with E-state index in [4.69, 9.17) is 0 Å². The van der Waals surface area contributed by atoms with Crippen molar-refractivity contribution in [2.45, 2.75) is 26.1 Å². The summed E-state index contributed by atoms with van der Waals surface area (Å²) in [5, 5.41) is 0. The SMILES string of the molecule is CC(C)N1CCN(C(=O)c2c(Br)ccc(C(F)(F)F)c2F)CC1. The first-order valence-electron chi connectivity index (χ1n) is 7.21. The molecule has 0 aromatic heterocycles. The second-order valence-corrected chi connectivity index (χ2v) is 6.56. The van der Waals surface area contributed by atoms with Gasteiger partial charge in [0.25, 0.3) is 5.91 Å². The van der Waals surface area contributed by atoms with Crippen LogP contribution in [0.4, 0.5) is 17.6 Å². The highest BCUT2D eigenvalue weighted by molar-refractivity contribution is 9.10. The summed E-state index contributed by atoms with van der Waals surface area (Å²) in [5.41, 5.74) is -1.98. The van der Waals surface area contributed by atoms with Crippen LogP contribution in [0.25, 0.3) is 0 Å². The third kappa shape index (κ3) is 3.85. The summed E-state index contributed by atoms with van der Waals surface area (Å²) in [7, 11) is 0. The lowest BCUT2D eigenvalue weighted by molar-refractivity contribution is -0.140. The maximum absolute atomic E-state index is 14.2. The number of carbonyl (C=O) groups is 1. The van der Waals surface area contributed by atoms with Gasteiger partial charge in [-0.1, -0.05) is 0 Å². The van der Waals surface area contributed by atoms with Crippen LogP contribution in [0.1, 0.15) is 29.8 Å². The number of halogens is 5. The highest BCUT2D eigenvalue weighted by atomic mass is 79.9. The Hall–Kier alpha value is -1.15. The standard InChI is InChI=1S/C15H17BrF4N2O/c1-9(2)21-5-7-22(8-6-21)14(23)12-11(16)4-3-10(13(12)17)15(18,19)20/h3-4,9H,5-8H2,1-2H3. The molecule has 1 heterocycles. The molecule has 1 amide bonds. The number of benzene rings is 1. The molecule has 1 saturated heterocycles. The Morgan fingerprint density at radius 3 is 2.22 bits per heavy atom. The number of rotatable bonds is 2. The van der Waals surface area contributed by atoms with Gasteiger partial charge in [-0.05, 0) is 41.9 Å². The fourth-order valence-electron chi connectivity index (χ4n) is 2.57. The van der Waals surface area contributed by atoms with Gasteiger partial charge in [-0.25, -0.2) is 4.39 Å². The highest BCUT2D eigenvalue weighted by Crippen LogP contribution is 2.35. The van der Waals surface area contributed by atoms with E-state index in [2.05, 4.69) is 20.8 Å². The van der Waals surface area contributed by atoms with E-state index in [9.17, 15) is 22.4 Å². The summed E-state index contributed by atoms with van der Waals surface area (Å²) in [6.07, 6.45) is -4.84. The summed E-state index contributed by atoms with van der Waals surface area (Å²) in [5.74, 6) is -2.24. The van der Waals surface area contributed by atoms with Crippen LogP contribution in [0.2, 0.25) is 0 Å². The molecule has 1 aliphatic heterocycles. The van der Waals surface area contributed by atoms with E-state index in [0.717, 1.165) is 6.07 Å². The van der Waals surface area contributed by atoms with E-state index >= 15 is 0 Å². The van der Waals surface area contributed by atoms with Gasteiger partial charge in [0, 0.05) is 36.7 Å². The van der Waals surface area contributed by atoms with Crippen LogP contribution in [0.15, 0.2) is 16.6 Å². The molecule has 0 aliphatic carbocycles. The Morgan fingerprint density at radius 2 is 1.74 bits per heavy atom. The smallest absolute Gasteiger partial charge is 0.336 e. The number of hydrogen-bond acceptors (Lipinski definition) is 2. The lowest BCUT2D eigenvalue weighted by atomic mass is 10.1. The molecule has 0 saturated carbocycles. The first-order chi connectivity index (χ1) is 10.6. The van der Waals surface area contributed by atoms with E-state index in [1.807, 2.05) is 13.8 Å². The van der Waals surface area contributed by atoms with Gasteiger partial charge in [0.15, 0.2) is 0 Å². The van der Waals surface area contributed by atoms with Gasteiger partial charge in [-0.2, -0.15) is 13.2 Å². The Kier molecular flexibility index (Phi) is 5.35. The Morgan fingerprint density at radius 1 is 1.17 bits per heavy atom. The molecule has 0 unspecified atom stereocenters. The predicted octanol–water partition coefficient (Wildman–Crippen LogP) is 3.77. The van der Waals surface area contributed by atoms with Crippen molar-refractivity contribution < 1.29 is 22.4 Å². The zero-order chi connectivity index (χ0) is 17.4. The van der Waals surface area contributed by atoms with Crippen LogP contribution in [0, 0.1) is 5.82 Å². The van der Waals surface area contributed by atoms with Crippen molar-refractivity contribution in [2.24, 2.45) is 0 Å². The molecule has 1 aliphatic rings. The molecule has 0 N–H and O–H groups in total. The molecule has 1 fully saturated rings. The topological polar surface area (TPSA) is 23.6 Å². The number of amides is 1. The lowest BCUT2D eigenvalue weighted by Gasteiger charge is -2.37. The van der Waals surface area contributed by atoms with E-state index in [1.165, 1.54) is 4.90 Å². The summed E-state index contributed by atoms with van der Waals surface area (Å²) in [6, 6.07) is 2.01. The molecule has 0 radical (unpaired) electrons. The number of nitrogens with zero attached hydrogens (tertiary/aromatic N) is 2. The summed E-state index contributed by atoms with van der Waals surface area (Å²) in [6.45, 7) is 6.00. The first kappa shape index (κ1) is 18.2. The Balaban J connectivity index is 2.27. The van der Waals surface area contributed by atoms with Gasteiger partial charge in [-0.3, -0.25) is 9.69 Å². The maximum Gasteiger partial charge on any atom is 0.419 e. The third-order valence-electron chi connectivity index (χ3n) is 3.94. The minimum absolute atomic E-state index is 0.0271. The Labute approximate surface area is 140 Å². The van der Waals surface area contributed by atoms with Gasteiger partial charge in [0.2, 0.25) is 0 Å². The molecule has 0 bridgehead atoms. The Bertz CT molecular complexity index is 596. The van der Waals surface area contributed by atoms with E-state index < -0.39 is 29.0 Å². The van der Waals surface area contributed by atoms with Gasteiger partial charge < -0.3 is 4.90 Å². The zero-order valence-corrected chi connectivity index (χ0v) is 14.3. The fourth-order valence-corrected chi connectivity index (χ4v) is 3.04. The first-order valence-corrected chi connectivity index (χ1v) is 8.00. The van der Waals surface area contributed by atoms with E-state index in [-0.39, 0.29) is 4.47 Å². The minimum atomic E-state index is -4.84. The van der Waals surface area contributed by atoms with Crippen molar-refractivity contribution in [3.8, 4) is 0 Å². The van der Waals surface area contributed by atoms with Crippen molar-refractivity contribution in [3.05, 3.63) is 33.5 Å². The molecule has 8 heteroatoms. The second-order valence-electron chi connectivity index (χ2n) is 5.70. The number of carbonyl (C=O) groups excluding carboxylic acids is 1. The largest absolute Gasteiger partial charge is 0.419 e. The minimum Gasteiger partial charge on any atom is -0.336 e.